The molecule has 0 radical (unpaired) electrons. The lowest BCUT2D eigenvalue weighted by molar-refractivity contribution is 0.0413. The Bertz CT molecular complexity index is 1200. The van der Waals surface area contributed by atoms with E-state index in [9.17, 15) is 0 Å². The number of benzene rings is 3. The van der Waals surface area contributed by atoms with Crippen LogP contribution in [0.15, 0.2) is 66.7 Å². The number of hydrogen-bond donors (Lipinski definition) is 0. The van der Waals surface area contributed by atoms with Gasteiger partial charge in [0.2, 0.25) is 0 Å². The van der Waals surface area contributed by atoms with Gasteiger partial charge in [-0.3, -0.25) is 9.80 Å². The van der Waals surface area contributed by atoms with E-state index in [0.717, 1.165) is 56.3 Å². The van der Waals surface area contributed by atoms with Crippen molar-refractivity contribution in [1.82, 2.24) is 9.80 Å². The topological polar surface area (TPSA) is 34.2 Å². The molecule has 5 nitrogen and oxygen atoms in total. The first-order valence-electron chi connectivity index (χ1n) is 15.8. The average Bonchev–Trinajstić information content (AvgIpc) is 3.54. The number of likely N-dealkylation sites (N-methyl/N-ethyl adjacent to an activating group) is 1. The molecule has 0 aromatic heterocycles. The standard InChI is InChI=1S/C36H48N2O3/c1-4-38(5-2)35-10-6-7-11-36(35)41-32-17-12-28(13-18-32)26-30-16-21-33(39-3)27-34(30)29-14-19-31(20-15-29)40-25-24-37-22-8-9-23-37/h12-21,27,35-36H,4-11,22-26H2,1-3H3. The van der Waals surface area contributed by atoms with Crippen molar-refractivity contribution >= 4 is 0 Å². The summed E-state index contributed by atoms with van der Waals surface area (Å²) >= 11 is 0. The second-order valence-electron chi connectivity index (χ2n) is 11.5. The Balaban J connectivity index is 1.24. The average molecular weight is 557 g/mol. The number of nitrogens with zero attached hydrogens (tertiary/aromatic N) is 2. The van der Waals surface area contributed by atoms with Crippen molar-refractivity contribution < 1.29 is 14.2 Å². The lowest BCUT2D eigenvalue weighted by Crippen LogP contribution is -2.47. The summed E-state index contributed by atoms with van der Waals surface area (Å²) in [4.78, 5) is 5.05. The minimum absolute atomic E-state index is 0.273. The van der Waals surface area contributed by atoms with E-state index < -0.39 is 0 Å². The minimum Gasteiger partial charge on any atom is -0.497 e. The van der Waals surface area contributed by atoms with Crippen LogP contribution in [0.2, 0.25) is 0 Å². The van der Waals surface area contributed by atoms with E-state index in [-0.39, 0.29) is 6.10 Å². The SMILES string of the molecule is CCN(CC)C1CCCCC1Oc1ccc(Cc2ccc(OC)cc2-c2ccc(OCCN3CCCC3)cc2)cc1. The fourth-order valence-electron chi connectivity index (χ4n) is 6.54. The van der Waals surface area contributed by atoms with Gasteiger partial charge in [0, 0.05) is 12.6 Å². The molecule has 3 aromatic carbocycles. The van der Waals surface area contributed by atoms with Crippen LogP contribution in [-0.2, 0) is 6.42 Å². The lowest BCUT2D eigenvalue weighted by atomic mass is 9.91. The van der Waals surface area contributed by atoms with Crippen LogP contribution in [0.3, 0.4) is 0 Å². The molecule has 0 spiro atoms. The molecule has 5 heteroatoms. The zero-order chi connectivity index (χ0) is 28.4. The number of ether oxygens (including phenoxy) is 3. The molecule has 1 heterocycles. The van der Waals surface area contributed by atoms with Gasteiger partial charge < -0.3 is 14.2 Å². The first-order valence-corrected chi connectivity index (χ1v) is 15.8. The van der Waals surface area contributed by atoms with Crippen LogP contribution in [0.25, 0.3) is 11.1 Å². The van der Waals surface area contributed by atoms with Crippen LogP contribution in [0.5, 0.6) is 17.2 Å². The molecular formula is C36H48N2O3. The molecule has 0 N–H and O–H groups in total. The summed E-state index contributed by atoms with van der Waals surface area (Å²) in [7, 11) is 1.73. The molecule has 1 aliphatic heterocycles. The van der Waals surface area contributed by atoms with Gasteiger partial charge in [-0.1, -0.05) is 50.6 Å². The largest absolute Gasteiger partial charge is 0.497 e. The van der Waals surface area contributed by atoms with Crippen molar-refractivity contribution in [1.29, 1.82) is 0 Å². The molecule has 41 heavy (non-hydrogen) atoms. The second kappa shape index (κ2) is 14.7. The Morgan fingerprint density at radius 2 is 1.46 bits per heavy atom. The third-order valence-corrected chi connectivity index (χ3v) is 8.91. The highest BCUT2D eigenvalue weighted by Gasteiger charge is 2.30. The van der Waals surface area contributed by atoms with Gasteiger partial charge in [0.25, 0.3) is 0 Å². The number of rotatable bonds is 13. The van der Waals surface area contributed by atoms with Crippen molar-refractivity contribution in [3.8, 4) is 28.4 Å². The molecule has 1 saturated heterocycles. The molecule has 0 bridgehead atoms. The van der Waals surface area contributed by atoms with Gasteiger partial charge >= 0.3 is 0 Å². The van der Waals surface area contributed by atoms with Crippen molar-refractivity contribution in [2.45, 2.75) is 70.9 Å². The summed E-state index contributed by atoms with van der Waals surface area (Å²) in [6, 6.07) is 24.2. The monoisotopic (exact) mass is 556 g/mol. The van der Waals surface area contributed by atoms with Crippen LogP contribution in [-0.4, -0.2) is 68.4 Å². The van der Waals surface area contributed by atoms with Crippen LogP contribution in [0, 0.1) is 0 Å². The normalized spacial score (nSPS) is 19.4. The summed E-state index contributed by atoms with van der Waals surface area (Å²) in [6.45, 7) is 10.8. The summed E-state index contributed by atoms with van der Waals surface area (Å²) in [5, 5.41) is 0. The smallest absolute Gasteiger partial charge is 0.119 e. The zero-order valence-corrected chi connectivity index (χ0v) is 25.3. The van der Waals surface area contributed by atoms with E-state index in [1.165, 1.54) is 67.4 Å². The molecule has 2 unspecified atom stereocenters. The van der Waals surface area contributed by atoms with Gasteiger partial charge in [-0.05, 0) is 123 Å². The molecule has 5 rings (SSSR count). The predicted octanol–water partition coefficient (Wildman–Crippen LogP) is 7.46. The van der Waals surface area contributed by atoms with Gasteiger partial charge in [-0.2, -0.15) is 0 Å². The molecule has 2 aliphatic rings. The van der Waals surface area contributed by atoms with Gasteiger partial charge in [0.1, 0.15) is 30.0 Å². The van der Waals surface area contributed by atoms with Crippen LogP contribution >= 0.6 is 0 Å². The third-order valence-electron chi connectivity index (χ3n) is 8.91. The van der Waals surface area contributed by atoms with Crippen LogP contribution < -0.4 is 14.2 Å². The molecule has 220 valence electrons. The Kier molecular flexibility index (Phi) is 10.6. The number of hydrogen-bond acceptors (Lipinski definition) is 5. The molecular weight excluding hydrogens is 508 g/mol. The molecule has 3 aromatic rings. The maximum absolute atomic E-state index is 6.58. The fourth-order valence-corrected chi connectivity index (χ4v) is 6.54. The molecule has 0 amide bonds. The molecule has 1 aliphatic carbocycles. The second-order valence-corrected chi connectivity index (χ2v) is 11.5. The van der Waals surface area contributed by atoms with Crippen molar-refractivity contribution in [2.75, 3.05) is 46.4 Å². The fraction of sp³-hybridized carbons (Fsp3) is 0.500. The van der Waals surface area contributed by atoms with Crippen LogP contribution in [0.1, 0.15) is 63.5 Å². The van der Waals surface area contributed by atoms with E-state index in [0.29, 0.717) is 6.04 Å². The molecule has 2 atom stereocenters. The quantitative estimate of drug-likeness (QED) is 0.218. The first kappa shape index (κ1) is 29.5. The van der Waals surface area contributed by atoms with E-state index in [1.54, 1.807) is 7.11 Å². The zero-order valence-electron chi connectivity index (χ0n) is 25.3. The highest BCUT2D eigenvalue weighted by atomic mass is 16.5. The van der Waals surface area contributed by atoms with Crippen molar-refractivity contribution in [2.24, 2.45) is 0 Å². The highest BCUT2D eigenvalue weighted by Crippen LogP contribution is 2.32. The lowest BCUT2D eigenvalue weighted by Gasteiger charge is -2.39. The highest BCUT2D eigenvalue weighted by molar-refractivity contribution is 5.70. The van der Waals surface area contributed by atoms with E-state index in [1.807, 2.05) is 0 Å². The maximum atomic E-state index is 6.58. The summed E-state index contributed by atoms with van der Waals surface area (Å²) < 4.78 is 18.2. The summed E-state index contributed by atoms with van der Waals surface area (Å²) in [5.74, 6) is 2.77. The van der Waals surface area contributed by atoms with Gasteiger partial charge in [-0.25, -0.2) is 0 Å². The summed E-state index contributed by atoms with van der Waals surface area (Å²) in [5.41, 5.74) is 4.91. The van der Waals surface area contributed by atoms with Crippen LogP contribution in [0.4, 0.5) is 0 Å². The molecule has 1 saturated carbocycles. The van der Waals surface area contributed by atoms with E-state index in [2.05, 4.69) is 90.4 Å². The Morgan fingerprint density at radius 1 is 0.780 bits per heavy atom. The minimum atomic E-state index is 0.273. The first-order chi connectivity index (χ1) is 20.2. The number of methoxy groups -OCH3 is 1. The third kappa shape index (κ3) is 7.84. The summed E-state index contributed by atoms with van der Waals surface area (Å²) in [6.07, 6.45) is 8.68. The Morgan fingerprint density at radius 3 is 2.17 bits per heavy atom. The number of likely N-dealkylation sites (tertiary alicyclic amines) is 1. The Labute approximate surface area is 247 Å². The van der Waals surface area contributed by atoms with Gasteiger partial charge in [0.15, 0.2) is 0 Å². The van der Waals surface area contributed by atoms with Gasteiger partial charge in [0.05, 0.1) is 7.11 Å². The van der Waals surface area contributed by atoms with E-state index in [4.69, 9.17) is 14.2 Å². The van der Waals surface area contributed by atoms with Gasteiger partial charge in [-0.15, -0.1) is 0 Å². The van der Waals surface area contributed by atoms with Crippen molar-refractivity contribution in [3.05, 3.63) is 77.9 Å². The predicted molar refractivity (Wildman–Crippen MR) is 168 cm³/mol. The molecule has 2 fully saturated rings. The maximum Gasteiger partial charge on any atom is 0.119 e. The van der Waals surface area contributed by atoms with E-state index >= 15 is 0 Å². The van der Waals surface area contributed by atoms with Crippen molar-refractivity contribution in [3.63, 3.8) is 0 Å². The Hall–Kier alpha value is -3.02.